The van der Waals surface area contributed by atoms with Gasteiger partial charge in [-0.3, -0.25) is 9.69 Å². The van der Waals surface area contributed by atoms with Gasteiger partial charge in [0.25, 0.3) is 0 Å². The molecule has 2 aliphatic heterocycles. The first-order valence-corrected chi connectivity index (χ1v) is 11.9. The Balaban J connectivity index is 1.32. The number of anilines is 1. The molecule has 31 heavy (non-hydrogen) atoms. The number of piperidine rings is 1. The number of benzene rings is 1. The number of piperazine rings is 1. The predicted octanol–water partition coefficient (Wildman–Crippen LogP) is 4.79. The number of halogens is 3. The average Bonchev–Trinajstić information content (AvgIpc) is 3.08. The summed E-state index contributed by atoms with van der Waals surface area (Å²) in [6.45, 7) is 4.76. The highest BCUT2D eigenvalue weighted by Crippen LogP contribution is 2.32. The predicted molar refractivity (Wildman–Crippen MR) is 116 cm³/mol. The highest BCUT2D eigenvalue weighted by atomic mass is 19.4. The SMILES string of the molecule is O=C(C1CCCCCC1)N1CCC[C@@H](N2CCN(c3cccc(C(F)(F)F)c3)CC2)C1. The largest absolute Gasteiger partial charge is 0.416 e. The number of carbonyl (C=O) groups excluding carboxylic acids is 1. The molecule has 0 aromatic heterocycles. The molecule has 0 bridgehead atoms. The van der Waals surface area contributed by atoms with Crippen molar-refractivity contribution in [3.8, 4) is 0 Å². The molecule has 3 fully saturated rings. The molecule has 7 heteroatoms. The minimum absolute atomic E-state index is 0.207. The van der Waals surface area contributed by atoms with Crippen molar-refractivity contribution in [1.29, 1.82) is 0 Å². The van der Waals surface area contributed by atoms with Crippen LogP contribution in [-0.4, -0.2) is 61.0 Å². The van der Waals surface area contributed by atoms with E-state index < -0.39 is 11.7 Å². The van der Waals surface area contributed by atoms with E-state index in [9.17, 15) is 18.0 Å². The van der Waals surface area contributed by atoms with Crippen molar-refractivity contribution in [3.05, 3.63) is 29.8 Å². The van der Waals surface area contributed by atoms with Gasteiger partial charge in [-0.15, -0.1) is 0 Å². The fourth-order valence-corrected chi connectivity index (χ4v) is 5.46. The first kappa shape index (κ1) is 22.4. The summed E-state index contributed by atoms with van der Waals surface area (Å²) in [4.78, 5) is 19.7. The van der Waals surface area contributed by atoms with E-state index in [0.717, 1.165) is 57.9 Å². The summed E-state index contributed by atoms with van der Waals surface area (Å²) in [5.74, 6) is 0.563. The number of amides is 1. The van der Waals surface area contributed by atoms with Crippen LogP contribution in [0.1, 0.15) is 56.9 Å². The first-order valence-electron chi connectivity index (χ1n) is 11.9. The van der Waals surface area contributed by atoms with Crippen LogP contribution >= 0.6 is 0 Å². The molecule has 2 saturated heterocycles. The van der Waals surface area contributed by atoms with Crippen molar-refractivity contribution in [1.82, 2.24) is 9.80 Å². The smallest absolute Gasteiger partial charge is 0.369 e. The van der Waals surface area contributed by atoms with Crippen molar-refractivity contribution < 1.29 is 18.0 Å². The summed E-state index contributed by atoms with van der Waals surface area (Å²) in [6.07, 6.45) is 4.75. The monoisotopic (exact) mass is 437 g/mol. The van der Waals surface area contributed by atoms with Gasteiger partial charge >= 0.3 is 6.18 Å². The van der Waals surface area contributed by atoms with Gasteiger partial charge in [-0.25, -0.2) is 0 Å². The summed E-state index contributed by atoms with van der Waals surface area (Å²) in [5, 5.41) is 0. The van der Waals surface area contributed by atoms with Crippen molar-refractivity contribution in [2.24, 2.45) is 5.92 Å². The molecule has 0 spiro atoms. The molecule has 1 aromatic rings. The van der Waals surface area contributed by atoms with Crippen molar-refractivity contribution in [2.45, 2.75) is 63.6 Å². The Labute approximate surface area is 183 Å². The highest BCUT2D eigenvalue weighted by Gasteiger charge is 2.34. The molecule has 0 N–H and O–H groups in total. The van der Waals surface area contributed by atoms with Gasteiger partial charge in [0, 0.05) is 56.9 Å². The summed E-state index contributed by atoms with van der Waals surface area (Å²) in [7, 11) is 0. The molecule has 1 saturated carbocycles. The Hall–Kier alpha value is -1.76. The van der Waals surface area contributed by atoms with E-state index in [4.69, 9.17) is 0 Å². The van der Waals surface area contributed by atoms with Gasteiger partial charge in [0.2, 0.25) is 5.91 Å². The molecule has 1 amide bonds. The van der Waals surface area contributed by atoms with Crippen LogP contribution in [0.3, 0.4) is 0 Å². The lowest BCUT2D eigenvalue weighted by atomic mass is 9.96. The van der Waals surface area contributed by atoms with E-state index in [1.165, 1.54) is 37.8 Å². The second-order valence-electron chi connectivity index (χ2n) is 9.34. The molecular formula is C24H34F3N3O. The van der Waals surface area contributed by atoms with Crippen LogP contribution in [0.4, 0.5) is 18.9 Å². The fourth-order valence-electron chi connectivity index (χ4n) is 5.46. The van der Waals surface area contributed by atoms with Gasteiger partial charge in [-0.2, -0.15) is 13.2 Å². The molecule has 3 aliphatic rings. The van der Waals surface area contributed by atoms with Gasteiger partial charge in [0.05, 0.1) is 5.56 Å². The maximum atomic E-state index is 13.1. The van der Waals surface area contributed by atoms with Gasteiger partial charge < -0.3 is 9.80 Å². The normalized spacial score (nSPS) is 24.8. The highest BCUT2D eigenvalue weighted by molar-refractivity contribution is 5.79. The number of alkyl halides is 3. The molecule has 1 atom stereocenters. The zero-order chi connectivity index (χ0) is 21.8. The minimum atomic E-state index is -4.31. The maximum Gasteiger partial charge on any atom is 0.416 e. The van der Waals surface area contributed by atoms with Crippen LogP contribution in [0, 0.1) is 5.92 Å². The van der Waals surface area contributed by atoms with Crippen LogP contribution in [0.15, 0.2) is 24.3 Å². The van der Waals surface area contributed by atoms with Crippen molar-refractivity contribution in [3.63, 3.8) is 0 Å². The van der Waals surface area contributed by atoms with E-state index in [-0.39, 0.29) is 5.92 Å². The lowest BCUT2D eigenvalue weighted by Crippen LogP contribution is -2.56. The fraction of sp³-hybridized carbons (Fsp3) is 0.708. The van der Waals surface area contributed by atoms with E-state index >= 15 is 0 Å². The lowest BCUT2D eigenvalue weighted by Gasteiger charge is -2.44. The molecule has 2 heterocycles. The Bertz CT molecular complexity index is 738. The lowest BCUT2D eigenvalue weighted by molar-refractivity contribution is -0.138. The quantitative estimate of drug-likeness (QED) is 0.637. The summed E-state index contributed by atoms with van der Waals surface area (Å²) in [6, 6.07) is 6.00. The standard InChI is InChI=1S/C24H34F3N3O/c25-24(26,27)20-9-5-10-21(17-20)28-13-15-29(16-14-28)22-11-6-12-30(18-22)23(31)19-7-3-1-2-4-8-19/h5,9-10,17,19,22H,1-4,6-8,11-16,18H2/t22-/m1/s1. The number of hydrogen-bond donors (Lipinski definition) is 0. The third-order valence-electron chi connectivity index (χ3n) is 7.28. The number of likely N-dealkylation sites (tertiary alicyclic amines) is 1. The first-order chi connectivity index (χ1) is 14.9. The minimum Gasteiger partial charge on any atom is -0.369 e. The zero-order valence-corrected chi connectivity index (χ0v) is 18.2. The van der Waals surface area contributed by atoms with Crippen molar-refractivity contribution in [2.75, 3.05) is 44.2 Å². The van der Waals surface area contributed by atoms with E-state index in [1.54, 1.807) is 6.07 Å². The molecule has 1 aliphatic carbocycles. The topological polar surface area (TPSA) is 26.8 Å². The Morgan fingerprint density at radius 1 is 0.871 bits per heavy atom. The molecular weight excluding hydrogens is 403 g/mol. The summed E-state index contributed by atoms with van der Waals surface area (Å²) < 4.78 is 39.1. The molecule has 0 radical (unpaired) electrons. The Morgan fingerprint density at radius 2 is 1.58 bits per heavy atom. The summed E-state index contributed by atoms with van der Waals surface area (Å²) >= 11 is 0. The van der Waals surface area contributed by atoms with E-state index in [0.29, 0.717) is 30.7 Å². The molecule has 1 aromatic carbocycles. The van der Waals surface area contributed by atoms with Gasteiger partial charge in [-0.05, 0) is 43.9 Å². The number of hydrogen-bond acceptors (Lipinski definition) is 3. The van der Waals surface area contributed by atoms with Gasteiger partial charge in [0.15, 0.2) is 0 Å². The van der Waals surface area contributed by atoms with Crippen LogP contribution in [0.2, 0.25) is 0 Å². The second-order valence-corrected chi connectivity index (χ2v) is 9.34. The Morgan fingerprint density at radius 3 is 2.26 bits per heavy atom. The average molecular weight is 438 g/mol. The second kappa shape index (κ2) is 9.80. The van der Waals surface area contributed by atoms with E-state index in [1.807, 2.05) is 4.90 Å². The zero-order valence-electron chi connectivity index (χ0n) is 18.2. The van der Waals surface area contributed by atoms with Gasteiger partial charge in [-0.1, -0.05) is 31.7 Å². The summed E-state index contributed by atoms with van der Waals surface area (Å²) in [5.41, 5.74) is 0.0515. The van der Waals surface area contributed by atoms with E-state index in [2.05, 4.69) is 9.80 Å². The third kappa shape index (κ3) is 5.54. The van der Waals surface area contributed by atoms with Crippen molar-refractivity contribution >= 4 is 11.6 Å². The van der Waals surface area contributed by atoms with Crippen LogP contribution in [0.5, 0.6) is 0 Å². The number of rotatable bonds is 3. The number of carbonyl (C=O) groups is 1. The maximum absolute atomic E-state index is 13.1. The Kier molecular flexibility index (Phi) is 7.09. The molecule has 172 valence electrons. The molecule has 4 rings (SSSR count). The van der Waals surface area contributed by atoms with Crippen LogP contribution < -0.4 is 4.90 Å². The third-order valence-corrected chi connectivity index (χ3v) is 7.28. The van der Waals surface area contributed by atoms with Gasteiger partial charge in [0.1, 0.15) is 0 Å². The van der Waals surface area contributed by atoms with Crippen LogP contribution in [-0.2, 0) is 11.0 Å². The molecule has 0 unspecified atom stereocenters. The molecule has 4 nitrogen and oxygen atoms in total. The van der Waals surface area contributed by atoms with Crippen LogP contribution in [0.25, 0.3) is 0 Å². The number of nitrogens with zero attached hydrogens (tertiary/aromatic N) is 3.